The highest BCUT2D eigenvalue weighted by Crippen LogP contribution is 2.05. The summed E-state index contributed by atoms with van der Waals surface area (Å²) < 4.78 is 0. The maximum Gasteiger partial charge on any atom is 0.329 e. The number of alkyl halides is 1. The molecule has 0 spiro atoms. The molecule has 0 aromatic carbocycles. The topological polar surface area (TPSA) is 54.4 Å². The van der Waals surface area contributed by atoms with E-state index in [-0.39, 0.29) is 5.92 Å². The summed E-state index contributed by atoms with van der Waals surface area (Å²) >= 11 is 5.21. The van der Waals surface area contributed by atoms with Gasteiger partial charge in [-0.2, -0.15) is 0 Å². The monoisotopic (exact) mass is 164 g/mol. The van der Waals surface area contributed by atoms with Crippen molar-refractivity contribution < 1.29 is 14.7 Å². The van der Waals surface area contributed by atoms with Gasteiger partial charge in [-0.25, -0.2) is 0 Å². The first-order chi connectivity index (χ1) is 4.46. The lowest BCUT2D eigenvalue weighted by Gasteiger charge is -2.04. The lowest BCUT2D eigenvalue weighted by atomic mass is 10.1. The fourth-order valence-corrected chi connectivity index (χ4v) is 0.666. The molecule has 0 aliphatic rings. The van der Waals surface area contributed by atoms with E-state index in [1.165, 1.54) is 0 Å². The minimum atomic E-state index is -1.39. The highest BCUT2D eigenvalue weighted by atomic mass is 35.5. The molecule has 4 heteroatoms. The number of carbonyl (C=O) groups excluding carboxylic acids is 1. The molecule has 3 nitrogen and oxygen atoms in total. The van der Waals surface area contributed by atoms with Gasteiger partial charge in [0.2, 0.25) is 0 Å². The number of Topliss-reactive ketones (excluding diaryl/α,β-unsaturated/α-hetero) is 1. The molecule has 0 bridgehead atoms. The Labute approximate surface area is 64.0 Å². The van der Waals surface area contributed by atoms with Crippen LogP contribution in [-0.4, -0.2) is 22.2 Å². The standard InChI is InChI=1S/C6H9ClO3/c1-3(2)5(8)4(7)6(9)10/h3-4H,1-2H3,(H,9,10). The van der Waals surface area contributed by atoms with Crippen LogP contribution in [-0.2, 0) is 9.59 Å². The third-order valence-corrected chi connectivity index (χ3v) is 1.44. The molecular weight excluding hydrogens is 156 g/mol. The summed E-state index contributed by atoms with van der Waals surface area (Å²) in [6.07, 6.45) is 0. The summed E-state index contributed by atoms with van der Waals surface area (Å²) in [4.78, 5) is 20.9. The Morgan fingerprint density at radius 2 is 1.80 bits per heavy atom. The second kappa shape index (κ2) is 3.56. The predicted molar refractivity (Wildman–Crippen MR) is 37.1 cm³/mol. The van der Waals surface area contributed by atoms with E-state index in [0.717, 1.165) is 0 Å². The maximum atomic E-state index is 10.8. The van der Waals surface area contributed by atoms with Crippen LogP contribution < -0.4 is 0 Å². The van der Waals surface area contributed by atoms with Gasteiger partial charge in [0.25, 0.3) is 0 Å². The van der Waals surface area contributed by atoms with Crippen LogP contribution in [0.4, 0.5) is 0 Å². The van der Waals surface area contributed by atoms with Gasteiger partial charge in [-0.3, -0.25) is 9.59 Å². The van der Waals surface area contributed by atoms with Crippen molar-refractivity contribution in [2.75, 3.05) is 0 Å². The van der Waals surface area contributed by atoms with Crippen molar-refractivity contribution >= 4 is 23.4 Å². The zero-order valence-corrected chi connectivity index (χ0v) is 6.55. The molecule has 0 amide bonds. The lowest BCUT2D eigenvalue weighted by Crippen LogP contribution is -2.27. The zero-order chi connectivity index (χ0) is 8.31. The largest absolute Gasteiger partial charge is 0.480 e. The van der Waals surface area contributed by atoms with Gasteiger partial charge in [0.1, 0.15) is 0 Å². The summed E-state index contributed by atoms with van der Waals surface area (Å²) in [5.41, 5.74) is 0. The van der Waals surface area contributed by atoms with Gasteiger partial charge in [-0.1, -0.05) is 13.8 Å². The van der Waals surface area contributed by atoms with Gasteiger partial charge in [0.15, 0.2) is 11.2 Å². The van der Waals surface area contributed by atoms with Crippen LogP contribution in [0.25, 0.3) is 0 Å². The smallest absolute Gasteiger partial charge is 0.329 e. The number of halogens is 1. The van der Waals surface area contributed by atoms with E-state index in [1.807, 2.05) is 0 Å². The van der Waals surface area contributed by atoms with Gasteiger partial charge in [-0.15, -0.1) is 11.6 Å². The molecule has 1 N–H and O–H groups in total. The molecule has 0 aliphatic carbocycles. The number of carbonyl (C=O) groups is 2. The third kappa shape index (κ3) is 2.35. The molecule has 1 atom stereocenters. The fourth-order valence-electron chi connectivity index (χ4n) is 0.414. The fraction of sp³-hybridized carbons (Fsp3) is 0.667. The molecule has 0 aromatic rings. The molecule has 0 aromatic heterocycles. The third-order valence-electron chi connectivity index (χ3n) is 1.04. The van der Waals surface area contributed by atoms with Gasteiger partial charge >= 0.3 is 5.97 Å². The van der Waals surface area contributed by atoms with Crippen molar-refractivity contribution in [1.82, 2.24) is 0 Å². The Morgan fingerprint density at radius 1 is 1.40 bits per heavy atom. The van der Waals surface area contributed by atoms with E-state index >= 15 is 0 Å². The maximum absolute atomic E-state index is 10.8. The average Bonchev–Trinajstić information content (AvgIpc) is 1.84. The van der Waals surface area contributed by atoms with Crippen molar-refractivity contribution in [3.8, 4) is 0 Å². The molecule has 0 aliphatic heterocycles. The SMILES string of the molecule is CC(C)C(=O)C(Cl)C(=O)O. The summed E-state index contributed by atoms with van der Waals surface area (Å²) in [5.74, 6) is -2.05. The Balaban J connectivity index is 4.08. The highest BCUT2D eigenvalue weighted by molar-refractivity contribution is 6.40. The van der Waals surface area contributed by atoms with Crippen molar-refractivity contribution in [1.29, 1.82) is 0 Å². The van der Waals surface area contributed by atoms with Gasteiger partial charge in [0.05, 0.1) is 0 Å². The summed E-state index contributed by atoms with van der Waals surface area (Å²) in [5, 5.41) is 6.86. The lowest BCUT2D eigenvalue weighted by molar-refractivity contribution is -0.140. The highest BCUT2D eigenvalue weighted by Gasteiger charge is 2.24. The molecule has 0 radical (unpaired) electrons. The summed E-state index contributed by atoms with van der Waals surface area (Å²) in [6, 6.07) is 0. The predicted octanol–water partition coefficient (Wildman–Crippen LogP) is 0.903. The number of ketones is 1. The van der Waals surface area contributed by atoms with E-state index in [1.54, 1.807) is 13.8 Å². The molecule has 0 fully saturated rings. The molecule has 0 heterocycles. The van der Waals surface area contributed by atoms with Crippen LogP contribution in [0.15, 0.2) is 0 Å². The quantitative estimate of drug-likeness (QED) is 0.498. The molecule has 0 rings (SSSR count). The number of carboxylic acids is 1. The van der Waals surface area contributed by atoms with Crippen molar-refractivity contribution in [2.45, 2.75) is 19.2 Å². The molecule has 58 valence electrons. The van der Waals surface area contributed by atoms with Crippen molar-refractivity contribution in [3.05, 3.63) is 0 Å². The van der Waals surface area contributed by atoms with Gasteiger partial charge in [0, 0.05) is 5.92 Å². The van der Waals surface area contributed by atoms with Crippen LogP contribution in [0.1, 0.15) is 13.8 Å². The van der Waals surface area contributed by atoms with E-state index < -0.39 is 17.1 Å². The van der Waals surface area contributed by atoms with Crippen molar-refractivity contribution in [3.63, 3.8) is 0 Å². The molecule has 10 heavy (non-hydrogen) atoms. The van der Waals surface area contributed by atoms with E-state index in [9.17, 15) is 9.59 Å². The number of aliphatic carboxylic acids is 1. The van der Waals surface area contributed by atoms with E-state index in [4.69, 9.17) is 16.7 Å². The second-order valence-electron chi connectivity index (χ2n) is 2.26. The van der Waals surface area contributed by atoms with E-state index in [2.05, 4.69) is 0 Å². The van der Waals surface area contributed by atoms with Crippen LogP contribution in [0.3, 0.4) is 0 Å². The minimum Gasteiger partial charge on any atom is -0.480 e. The van der Waals surface area contributed by atoms with Crippen LogP contribution in [0, 0.1) is 5.92 Å². The number of hydrogen-bond acceptors (Lipinski definition) is 2. The molecular formula is C6H9ClO3. The molecule has 1 unspecified atom stereocenters. The van der Waals surface area contributed by atoms with Gasteiger partial charge in [-0.05, 0) is 0 Å². The summed E-state index contributed by atoms with van der Waals surface area (Å²) in [6.45, 7) is 3.22. The molecule has 0 saturated heterocycles. The Bertz CT molecular complexity index is 153. The first-order valence-corrected chi connectivity index (χ1v) is 3.31. The van der Waals surface area contributed by atoms with Crippen LogP contribution in [0.2, 0.25) is 0 Å². The number of carboxylic acid groups (broad SMARTS) is 1. The van der Waals surface area contributed by atoms with E-state index in [0.29, 0.717) is 0 Å². The minimum absolute atomic E-state index is 0.321. The Kier molecular flexibility index (Phi) is 3.36. The molecule has 0 saturated carbocycles. The summed E-state index contributed by atoms with van der Waals surface area (Å²) in [7, 11) is 0. The second-order valence-corrected chi connectivity index (χ2v) is 2.69. The zero-order valence-electron chi connectivity index (χ0n) is 5.80. The first kappa shape index (κ1) is 9.43. The number of hydrogen-bond donors (Lipinski definition) is 1. The Morgan fingerprint density at radius 3 is 1.90 bits per heavy atom. The van der Waals surface area contributed by atoms with Crippen molar-refractivity contribution in [2.24, 2.45) is 5.92 Å². The average molecular weight is 165 g/mol. The van der Waals surface area contributed by atoms with Crippen LogP contribution in [0.5, 0.6) is 0 Å². The normalized spacial score (nSPS) is 13.2. The van der Waals surface area contributed by atoms with Gasteiger partial charge < -0.3 is 5.11 Å². The van der Waals surface area contributed by atoms with Crippen LogP contribution >= 0.6 is 11.6 Å². The first-order valence-electron chi connectivity index (χ1n) is 2.87. The number of rotatable bonds is 3. The Hall–Kier alpha value is -0.570.